The Bertz CT molecular complexity index is 771. The first-order chi connectivity index (χ1) is 11.2. The molecular formula is C19H20N4. The van der Waals surface area contributed by atoms with Crippen LogP contribution in [0.4, 0.5) is 11.4 Å². The van der Waals surface area contributed by atoms with Crippen molar-refractivity contribution < 1.29 is 0 Å². The second kappa shape index (κ2) is 6.92. The Morgan fingerprint density at radius 1 is 1.13 bits per heavy atom. The van der Waals surface area contributed by atoms with E-state index < -0.39 is 0 Å². The van der Waals surface area contributed by atoms with E-state index in [4.69, 9.17) is 0 Å². The van der Waals surface area contributed by atoms with Crippen molar-refractivity contribution in [3.05, 3.63) is 78.4 Å². The van der Waals surface area contributed by atoms with E-state index in [-0.39, 0.29) is 0 Å². The summed E-state index contributed by atoms with van der Waals surface area (Å²) in [6.07, 6.45) is 7.47. The quantitative estimate of drug-likeness (QED) is 0.673. The lowest BCUT2D eigenvalue weighted by Crippen LogP contribution is -2.08. The van der Waals surface area contributed by atoms with Crippen molar-refractivity contribution in [1.82, 2.24) is 9.55 Å². The molecular weight excluding hydrogens is 284 g/mol. The molecule has 4 nitrogen and oxygen atoms in total. The van der Waals surface area contributed by atoms with Crippen LogP contribution < -0.4 is 4.90 Å². The number of aliphatic imine (C=N–C) groups is 1. The van der Waals surface area contributed by atoms with Crippen molar-refractivity contribution in [3.8, 4) is 0 Å². The minimum atomic E-state index is 0.806. The lowest BCUT2D eigenvalue weighted by molar-refractivity contribution is 0.797. The smallest absolute Gasteiger partial charge is 0.0949 e. The van der Waals surface area contributed by atoms with E-state index >= 15 is 0 Å². The Kier molecular flexibility index (Phi) is 4.52. The third kappa shape index (κ3) is 4.07. The Hall–Kier alpha value is -2.88. The first-order valence-corrected chi connectivity index (χ1v) is 7.57. The van der Waals surface area contributed by atoms with Crippen LogP contribution in [0.5, 0.6) is 0 Å². The molecule has 0 aliphatic rings. The van der Waals surface area contributed by atoms with Crippen molar-refractivity contribution >= 4 is 17.6 Å². The maximum Gasteiger partial charge on any atom is 0.0949 e. The molecule has 0 N–H and O–H groups in total. The largest absolute Gasteiger partial charge is 0.378 e. The van der Waals surface area contributed by atoms with Crippen LogP contribution in [0.1, 0.15) is 11.1 Å². The molecule has 3 rings (SSSR count). The predicted octanol–water partition coefficient (Wildman–Crippen LogP) is 3.75. The van der Waals surface area contributed by atoms with Crippen LogP contribution in [0.3, 0.4) is 0 Å². The zero-order valence-corrected chi connectivity index (χ0v) is 13.4. The van der Waals surface area contributed by atoms with E-state index in [0.29, 0.717) is 0 Å². The highest BCUT2D eigenvalue weighted by Crippen LogP contribution is 2.16. The van der Waals surface area contributed by atoms with Gasteiger partial charge in [-0.1, -0.05) is 24.3 Å². The molecule has 1 aromatic heterocycles. The summed E-state index contributed by atoms with van der Waals surface area (Å²) < 4.78 is 2.04. The van der Waals surface area contributed by atoms with Gasteiger partial charge in [-0.15, -0.1) is 0 Å². The second-order valence-electron chi connectivity index (χ2n) is 5.65. The number of imidazole rings is 1. The number of nitrogens with zero attached hydrogens (tertiary/aromatic N) is 4. The molecule has 0 aliphatic heterocycles. The van der Waals surface area contributed by atoms with Gasteiger partial charge in [0.1, 0.15) is 0 Å². The first kappa shape index (κ1) is 15.0. The minimum absolute atomic E-state index is 0.806. The number of hydrogen-bond acceptors (Lipinski definition) is 3. The molecule has 0 amide bonds. The molecule has 116 valence electrons. The van der Waals surface area contributed by atoms with Crippen LogP contribution in [0.25, 0.3) is 0 Å². The summed E-state index contributed by atoms with van der Waals surface area (Å²) in [5.74, 6) is 0. The van der Waals surface area contributed by atoms with Crippen molar-refractivity contribution in [2.75, 3.05) is 19.0 Å². The SMILES string of the molecule is CN(C)c1ccc(C=Nc2cccc(Cn3ccnc3)c2)cc1. The number of anilines is 1. The topological polar surface area (TPSA) is 33.4 Å². The summed E-state index contributed by atoms with van der Waals surface area (Å²) in [7, 11) is 4.07. The average Bonchev–Trinajstić information content (AvgIpc) is 3.07. The molecule has 1 heterocycles. The number of benzene rings is 2. The van der Waals surface area contributed by atoms with Gasteiger partial charge in [-0.3, -0.25) is 4.99 Å². The fraction of sp³-hybridized carbons (Fsp3) is 0.158. The van der Waals surface area contributed by atoms with E-state index in [2.05, 4.69) is 51.3 Å². The van der Waals surface area contributed by atoms with Gasteiger partial charge in [0.25, 0.3) is 0 Å². The molecule has 2 aromatic carbocycles. The highest BCUT2D eigenvalue weighted by Gasteiger charge is 1.97. The van der Waals surface area contributed by atoms with Gasteiger partial charge in [-0.05, 0) is 35.4 Å². The Labute approximate surface area is 136 Å². The number of hydrogen-bond donors (Lipinski definition) is 0. The Balaban J connectivity index is 1.72. The van der Waals surface area contributed by atoms with E-state index in [9.17, 15) is 0 Å². The van der Waals surface area contributed by atoms with Crippen LogP contribution in [-0.2, 0) is 6.54 Å². The van der Waals surface area contributed by atoms with Gasteiger partial charge in [-0.2, -0.15) is 0 Å². The summed E-state index contributed by atoms with van der Waals surface area (Å²) in [5, 5.41) is 0. The highest BCUT2D eigenvalue weighted by atomic mass is 15.1. The lowest BCUT2D eigenvalue weighted by Gasteiger charge is -2.11. The molecule has 0 aliphatic carbocycles. The van der Waals surface area contributed by atoms with E-state index in [1.54, 1.807) is 6.20 Å². The average molecular weight is 304 g/mol. The van der Waals surface area contributed by atoms with Crippen molar-refractivity contribution in [3.63, 3.8) is 0 Å². The van der Waals surface area contributed by atoms with Crippen molar-refractivity contribution in [1.29, 1.82) is 0 Å². The van der Waals surface area contributed by atoms with Crippen LogP contribution in [-0.4, -0.2) is 29.9 Å². The van der Waals surface area contributed by atoms with Gasteiger partial charge in [-0.25, -0.2) is 4.98 Å². The molecule has 0 spiro atoms. The summed E-state index contributed by atoms with van der Waals surface area (Å²) in [5.41, 5.74) is 4.44. The molecule has 0 saturated heterocycles. The molecule has 0 radical (unpaired) electrons. The Morgan fingerprint density at radius 3 is 2.65 bits per heavy atom. The monoisotopic (exact) mass is 304 g/mol. The zero-order valence-electron chi connectivity index (χ0n) is 13.4. The zero-order chi connectivity index (χ0) is 16.1. The predicted molar refractivity (Wildman–Crippen MR) is 95.8 cm³/mol. The highest BCUT2D eigenvalue weighted by molar-refractivity contribution is 5.82. The summed E-state index contributed by atoms with van der Waals surface area (Å²) in [4.78, 5) is 10.7. The third-order valence-electron chi connectivity index (χ3n) is 3.61. The van der Waals surface area contributed by atoms with Crippen LogP contribution >= 0.6 is 0 Å². The molecule has 0 atom stereocenters. The summed E-state index contributed by atoms with van der Waals surface area (Å²) in [6, 6.07) is 16.6. The molecule has 4 heteroatoms. The molecule has 0 unspecified atom stereocenters. The summed E-state index contributed by atoms with van der Waals surface area (Å²) in [6.45, 7) is 0.806. The van der Waals surface area contributed by atoms with E-state index in [0.717, 1.165) is 17.8 Å². The van der Waals surface area contributed by atoms with Gasteiger partial charge in [0.2, 0.25) is 0 Å². The Morgan fingerprint density at radius 2 is 1.96 bits per heavy atom. The first-order valence-electron chi connectivity index (χ1n) is 7.57. The van der Waals surface area contributed by atoms with Gasteiger partial charge >= 0.3 is 0 Å². The molecule has 0 fully saturated rings. The fourth-order valence-electron chi connectivity index (χ4n) is 2.33. The fourth-order valence-corrected chi connectivity index (χ4v) is 2.33. The maximum atomic E-state index is 4.58. The normalized spacial score (nSPS) is 11.0. The van der Waals surface area contributed by atoms with Gasteiger partial charge < -0.3 is 9.47 Å². The standard InChI is InChI=1S/C19H20N4/c1-22(2)19-8-6-16(7-9-19)13-21-18-5-3-4-17(12-18)14-23-11-10-20-15-23/h3-13,15H,14H2,1-2H3. The molecule has 0 saturated carbocycles. The van der Waals surface area contributed by atoms with Gasteiger partial charge in [0.15, 0.2) is 0 Å². The third-order valence-corrected chi connectivity index (χ3v) is 3.61. The lowest BCUT2D eigenvalue weighted by atomic mass is 10.2. The number of aromatic nitrogens is 2. The van der Waals surface area contributed by atoms with Crippen molar-refractivity contribution in [2.24, 2.45) is 4.99 Å². The minimum Gasteiger partial charge on any atom is -0.378 e. The molecule has 3 aromatic rings. The van der Waals surface area contributed by atoms with Crippen LogP contribution in [0.2, 0.25) is 0 Å². The van der Waals surface area contributed by atoms with E-state index in [1.807, 2.05) is 49.5 Å². The maximum absolute atomic E-state index is 4.58. The second-order valence-corrected chi connectivity index (χ2v) is 5.65. The molecule has 23 heavy (non-hydrogen) atoms. The van der Waals surface area contributed by atoms with Crippen LogP contribution in [0.15, 0.2) is 72.2 Å². The van der Waals surface area contributed by atoms with Gasteiger partial charge in [0, 0.05) is 44.9 Å². The molecule has 0 bridgehead atoms. The van der Waals surface area contributed by atoms with Crippen molar-refractivity contribution in [2.45, 2.75) is 6.54 Å². The van der Waals surface area contributed by atoms with Gasteiger partial charge in [0.05, 0.1) is 12.0 Å². The van der Waals surface area contributed by atoms with E-state index in [1.165, 1.54) is 11.3 Å². The van der Waals surface area contributed by atoms with Crippen LogP contribution in [0, 0.1) is 0 Å². The summed E-state index contributed by atoms with van der Waals surface area (Å²) >= 11 is 0. The number of rotatable bonds is 5.